The lowest BCUT2D eigenvalue weighted by Gasteiger charge is -2.28. The topological polar surface area (TPSA) is 224 Å². The maximum atomic E-state index is 13.5. The van der Waals surface area contributed by atoms with E-state index in [0.717, 1.165) is 10.9 Å². The fourth-order valence-corrected chi connectivity index (χ4v) is 3.96. The van der Waals surface area contributed by atoms with E-state index in [1.807, 2.05) is 24.3 Å². The summed E-state index contributed by atoms with van der Waals surface area (Å²) in [5.41, 5.74) is 7.29. The number of benzene rings is 1. The van der Waals surface area contributed by atoms with Gasteiger partial charge in [0.25, 0.3) is 0 Å². The molecule has 0 bridgehead atoms. The summed E-state index contributed by atoms with van der Waals surface area (Å²) in [5.74, 6) is -5.34. The van der Waals surface area contributed by atoms with Crippen molar-refractivity contribution in [2.75, 3.05) is 0 Å². The summed E-state index contributed by atoms with van der Waals surface area (Å²) in [6.07, 6.45) is 0.175. The molecule has 1 aromatic heterocycles. The number of aliphatic hydroxyl groups excluding tert-OH is 1. The zero-order chi connectivity index (χ0) is 29.3. The third-order valence-corrected chi connectivity index (χ3v) is 6.61. The van der Waals surface area contributed by atoms with Gasteiger partial charge in [-0.15, -0.1) is 0 Å². The zero-order valence-electron chi connectivity index (χ0n) is 22.1. The molecule has 13 nitrogen and oxygen atoms in total. The summed E-state index contributed by atoms with van der Waals surface area (Å²) in [4.78, 5) is 64.8. The number of hydrogen-bond acceptors (Lipinski definition) is 7. The summed E-state index contributed by atoms with van der Waals surface area (Å²) in [6, 6.07) is 2.21. The molecule has 0 radical (unpaired) electrons. The van der Waals surface area contributed by atoms with Crippen LogP contribution in [-0.2, 0) is 30.4 Å². The Morgan fingerprint density at radius 1 is 0.949 bits per heavy atom. The second-order valence-electron chi connectivity index (χ2n) is 9.59. The van der Waals surface area contributed by atoms with Gasteiger partial charge in [0.15, 0.2) is 0 Å². The number of carbonyl (C=O) groups is 5. The number of carboxylic acid groups (broad SMARTS) is 2. The average molecular weight is 548 g/mol. The highest BCUT2D eigenvalue weighted by Gasteiger charge is 2.33. The van der Waals surface area contributed by atoms with Crippen molar-refractivity contribution in [3.63, 3.8) is 0 Å². The van der Waals surface area contributed by atoms with Crippen LogP contribution in [0.2, 0.25) is 0 Å². The van der Waals surface area contributed by atoms with Crippen LogP contribution in [0.25, 0.3) is 10.9 Å². The maximum absolute atomic E-state index is 13.5. The lowest BCUT2D eigenvalue weighted by Crippen LogP contribution is -2.59. The van der Waals surface area contributed by atoms with Crippen LogP contribution < -0.4 is 21.7 Å². The summed E-state index contributed by atoms with van der Waals surface area (Å²) in [7, 11) is 0. The van der Waals surface area contributed by atoms with E-state index in [1.165, 1.54) is 6.92 Å². The molecule has 1 aromatic carbocycles. The number of fused-ring (bicyclic) bond motifs is 1. The minimum Gasteiger partial charge on any atom is -0.481 e. The van der Waals surface area contributed by atoms with Crippen molar-refractivity contribution in [1.82, 2.24) is 20.9 Å². The molecule has 39 heavy (non-hydrogen) atoms. The number of para-hydroxylation sites is 1. The molecule has 0 aliphatic heterocycles. The summed E-state index contributed by atoms with van der Waals surface area (Å²) < 4.78 is 0. The van der Waals surface area contributed by atoms with E-state index in [4.69, 9.17) is 10.8 Å². The van der Waals surface area contributed by atoms with E-state index in [2.05, 4.69) is 20.9 Å². The molecule has 2 rings (SSSR count). The van der Waals surface area contributed by atoms with Gasteiger partial charge >= 0.3 is 11.9 Å². The van der Waals surface area contributed by atoms with Gasteiger partial charge in [0.05, 0.1) is 6.10 Å². The number of aliphatic hydroxyl groups is 1. The Labute approximate surface area is 225 Å². The molecule has 2 aromatic rings. The first-order chi connectivity index (χ1) is 18.3. The predicted octanol–water partition coefficient (Wildman–Crippen LogP) is -0.132. The number of aromatic nitrogens is 1. The van der Waals surface area contributed by atoms with Crippen molar-refractivity contribution in [3.8, 4) is 0 Å². The van der Waals surface area contributed by atoms with Crippen LogP contribution in [0.3, 0.4) is 0 Å². The highest BCUT2D eigenvalue weighted by atomic mass is 16.4. The van der Waals surface area contributed by atoms with Gasteiger partial charge in [-0.2, -0.15) is 0 Å². The van der Waals surface area contributed by atoms with Gasteiger partial charge in [0.1, 0.15) is 24.2 Å². The first kappa shape index (κ1) is 31.2. The highest BCUT2D eigenvalue weighted by Crippen LogP contribution is 2.20. The summed E-state index contributed by atoms with van der Waals surface area (Å²) in [6.45, 7) is 4.81. The molecule has 6 unspecified atom stereocenters. The van der Waals surface area contributed by atoms with Crippen molar-refractivity contribution in [1.29, 1.82) is 0 Å². The normalized spacial score (nSPS) is 15.8. The number of rotatable bonds is 15. The van der Waals surface area contributed by atoms with Gasteiger partial charge in [0, 0.05) is 29.9 Å². The Hall–Kier alpha value is -3.97. The standard InChI is InChI=1S/C26H37N5O8/c1-4-13(2)22(25(37)29-18(26(38)39)9-10-20(33)34)31-23(35)19(30-24(36)21(27)14(3)32)11-15-12-28-17-8-6-5-7-16(15)17/h5-8,12-14,18-19,21-22,28,32H,4,9-11,27H2,1-3H3,(H,29,37)(H,30,36)(H,31,35)(H,33,34)(H,38,39). The van der Waals surface area contributed by atoms with E-state index >= 15 is 0 Å². The number of aliphatic carboxylic acids is 2. The number of carboxylic acids is 2. The molecular formula is C26H37N5O8. The van der Waals surface area contributed by atoms with Gasteiger partial charge in [-0.05, 0) is 30.9 Å². The largest absolute Gasteiger partial charge is 0.481 e. The highest BCUT2D eigenvalue weighted by molar-refractivity contribution is 5.95. The van der Waals surface area contributed by atoms with E-state index in [0.29, 0.717) is 12.0 Å². The number of nitrogens with two attached hydrogens (primary N) is 1. The third kappa shape index (κ3) is 8.79. The Bertz CT molecular complexity index is 1180. The second-order valence-corrected chi connectivity index (χ2v) is 9.59. The van der Waals surface area contributed by atoms with Crippen LogP contribution in [0.5, 0.6) is 0 Å². The smallest absolute Gasteiger partial charge is 0.326 e. The molecule has 0 spiro atoms. The number of hydrogen-bond donors (Lipinski definition) is 8. The predicted molar refractivity (Wildman–Crippen MR) is 141 cm³/mol. The minimum atomic E-state index is -1.47. The van der Waals surface area contributed by atoms with E-state index in [1.54, 1.807) is 20.0 Å². The molecular weight excluding hydrogens is 510 g/mol. The van der Waals surface area contributed by atoms with Crippen LogP contribution in [0.1, 0.15) is 45.6 Å². The van der Waals surface area contributed by atoms with Crippen LogP contribution >= 0.6 is 0 Å². The minimum absolute atomic E-state index is 0.0271. The number of H-pyrrole nitrogens is 1. The van der Waals surface area contributed by atoms with Crippen molar-refractivity contribution < 1.29 is 39.3 Å². The fraction of sp³-hybridized carbons (Fsp3) is 0.500. The lowest BCUT2D eigenvalue weighted by molar-refractivity contribution is -0.143. The molecule has 6 atom stereocenters. The summed E-state index contributed by atoms with van der Waals surface area (Å²) in [5, 5.41) is 36.4. The number of amides is 3. The molecule has 1 heterocycles. The van der Waals surface area contributed by atoms with E-state index in [-0.39, 0.29) is 12.8 Å². The first-order valence-electron chi connectivity index (χ1n) is 12.7. The molecule has 13 heteroatoms. The SMILES string of the molecule is CCC(C)C(NC(=O)C(Cc1c[nH]c2ccccc12)NC(=O)C(N)C(C)O)C(=O)NC(CCC(=O)O)C(=O)O. The average Bonchev–Trinajstić information content (AvgIpc) is 3.30. The monoisotopic (exact) mass is 547 g/mol. The third-order valence-electron chi connectivity index (χ3n) is 6.61. The second kappa shape index (κ2) is 14.3. The first-order valence-corrected chi connectivity index (χ1v) is 12.7. The van der Waals surface area contributed by atoms with Gasteiger partial charge in [0.2, 0.25) is 17.7 Å². The van der Waals surface area contributed by atoms with Crippen LogP contribution in [0.15, 0.2) is 30.5 Å². The van der Waals surface area contributed by atoms with Gasteiger partial charge in [-0.1, -0.05) is 38.5 Å². The summed E-state index contributed by atoms with van der Waals surface area (Å²) >= 11 is 0. The molecule has 3 amide bonds. The van der Waals surface area contributed by atoms with Gasteiger partial charge < -0.3 is 42.0 Å². The van der Waals surface area contributed by atoms with Gasteiger partial charge in [-0.3, -0.25) is 19.2 Å². The number of carbonyl (C=O) groups excluding carboxylic acids is 3. The Balaban J connectivity index is 2.31. The Kier molecular flexibility index (Phi) is 11.4. The fourth-order valence-electron chi connectivity index (χ4n) is 3.96. The van der Waals surface area contributed by atoms with Crippen LogP contribution in [-0.4, -0.2) is 80.2 Å². The van der Waals surface area contributed by atoms with Crippen molar-refractivity contribution >= 4 is 40.6 Å². The molecule has 214 valence electrons. The lowest BCUT2D eigenvalue weighted by atomic mass is 9.96. The number of aromatic amines is 1. The van der Waals surface area contributed by atoms with E-state index < -0.39 is 72.3 Å². The molecule has 0 saturated carbocycles. The maximum Gasteiger partial charge on any atom is 0.326 e. The van der Waals surface area contributed by atoms with Gasteiger partial charge in [-0.25, -0.2) is 4.79 Å². The van der Waals surface area contributed by atoms with Crippen molar-refractivity contribution in [2.45, 2.75) is 76.7 Å². The quantitative estimate of drug-likeness (QED) is 0.148. The molecule has 0 saturated heterocycles. The molecule has 9 N–H and O–H groups in total. The van der Waals surface area contributed by atoms with Crippen LogP contribution in [0, 0.1) is 5.92 Å². The molecule has 0 aliphatic carbocycles. The van der Waals surface area contributed by atoms with Crippen LogP contribution in [0.4, 0.5) is 0 Å². The van der Waals surface area contributed by atoms with E-state index in [9.17, 15) is 34.2 Å². The Morgan fingerprint density at radius 3 is 2.18 bits per heavy atom. The zero-order valence-corrected chi connectivity index (χ0v) is 22.1. The molecule has 0 fully saturated rings. The molecule has 0 aliphatic rings. The Morgan fingerprint density at radius 2 is 1.59 bits per heavy atom. The number of nitrogens with one attached hydrogen (secondary N) is 4. The van der Waals surface area contributed by atoms with Crippen molar-refractivity contribution in [3.05, 3.63) is 36.0 Å². The van der Waals surface area contributed by atoms with Crippen molar-refractivity contribution in [2.24, 2.45) is 11.7 Å².